The Bertz CT molecular complexity index is 643. The summed E-state index contributed by atoms with van der Waals surface area (Å²) in [6, 6.07) is 6.15. The number of aliphatic imine (C=N–C) groups is 1. The van der Waals surface area contributed by atoms with Gasteiger partial charge in [0.15, 0.2) is 5.96 Å². The molecule has 106 valence electrons. The Hall–Kier alpha value is -1.88. The fourth-order valence-electron chi connectivity index (χ4n) is 1.88. The van der Waals surface area contributed by atoms with Crippen LogP contribution in [0.1, 0.15) is 26.7 Å². The Morgan fingerprint density at radius 1 is 1.25 bits per heavy atom. The van der Waals surface area contributed by atoms with Crippen LogP contribution in [-0.2, 0) is 6.54 Å². The van der Waals surface area contributed by atoms with Crippen LogP contribution >= 0.6 is 11.3 Å². The first kappa shape index (κ1) is 14.5. The first-order valence-electron chi connectivity index (χ1n) is 6.53. The van der Waals surface area contributed by atoms with E-state index < -0.39 is 0 Å². The van der Waals surface area contributed by atoms with Crippen LogP contribution in [0.3, 0.4) is 0 Å². The SMILES string of the molecule is Cc1nc(C)c(CN=C(N)Nc2ccc(C)c(C)c2)s1. The molecule has 0 unspecified atom stereocenters. The molecule has 0 saturated heterocycles. The number of benzene rings is 1. The van der Waals surface area contributed by atoms with Gasteiger partial charge in [0.25, 0.3) is 0 Å². The summed E-state index contributed by atoms with van der Waals surface area (Å²) in [6.07, 6.45) is 0. The van der Waals surface area contributed by atoms with Gasteiger partial charge in [-0.25, -0.2) is 9.98 Å². The molecule has 4 nitrogen and oxygen atoms in total. The molecule has 5 heteroatoms. The number of nitrogens with zero attached hydrogens (tertiary/aromatic N) is 2. The lowest BCUT2D eigenvalue weighted by Crippen LogP contribution is -2.22. The first-order valence-corrected chi connectivity index (χ1v) is 7.34. The minimum Gasteiger partial charge on any atom is -0.370 e. The quantitative estimate of drug-likeness (QED) is 0.673. The molecule has 1 heterocycles. The van der Waals surface area contributed by atoms with E-state index in [1.165, 1.54) is 11.1 Å². The van der Waals surface area contributed by atoms with Crippen LogP contribution in [0.15, 0.2) is 23.2 Å². The number of aromatic nitrogens is 1. The molecule has 0 atom stereocenters. The van der Waals surface area contributed by atoms with E-state index in [4.69, 9.17) is 5.73 Å². The fraction of sp³-hybridized carbons (Fsp3) is 0.333. The van der Waals surface area contributed by atoms with E-state index in [-0.39, 0.29) is 0 Å². The minimum atomic E-state index is 0.429. The molecule has 1 aromatic heterocycles. The van der Waals surface area contributed by atoms with Crippen molar-refractivity contribution in [1.29, 1.82) is 0 Å². The number of nitrogens with two attached hydrogens (primary N) is 1. The highest BCUT2D eigenvalue weighted by Gasteiger charge is 2.04. The molecule has 0 fully saturated rings. The van der Waals surface area contributed by atoms with E-state index in [1.54, 1.807) is 11.3 Å². The normalized spacial score (nSPS) is 11.7. The molecule has 1 aromatic carbocycles. The van der Waals surface area contributed by atoms with E-state index in [0.29, 0.717) is 12.5 Å². The van der Waals surface area contributed by atoms with Gasteiger partial charge in [-0.2, -0.15) is 0 Å². The van der Waals surface area contributed by atoms with Crippen LogP contribution in [0.25, 0.3) is 0 Å². The molecule has 0 bridgehead atoms. The number of hydrogen-bond donors (Lipinski definition) is 2. The van der Waals surface area contributed by atoms with Gasteiger partial charge in [-0.15, -0.1) is 11.3 Å². The van der Waals surface area contributed by atoms with Gasteiger partial charge in [0.1, 0.15) is 0 Å². The zero-order valence-corrected chi connectivity index (χ0v) is 13.1. The summed E-state index contributed by atoms with van der Waals surface area (Å²) in [5, 5.41) is 4.18. The van der Waals surface area contributed by atoms with Crippen molar-refractivity contribution < 1.29 is 0 Å². The largest absolute Gasteiger partial charge is 0.370 e. The predicted molar refractivity (Wildman–Crippen MR) is 86.5 cm³/mol. The van der Waals surface area contributed by atoms with Crippen LogP contribution in [0.5, 0.6) is 0 Å². The molecule has 20 heavy (non-hydrogen) atoms. The summed E-state index contributed by atoms with van der Waals surface area (Å²) < 4.78 is 0. The topological polar surface area (TPSA) is 63.3 Å². The molecule has 0 aliphatic heterocycles. The molecule has 0 amide bonds. The number of rotatable bonds is 3. The summed E-state index contributed by atoms with van der Waals surface area (Å²) in [5.41, 5.74) is 10.4. The lowest BCUT2D eigenvalue weighted by molar-refractivity contribution is 1.05. The molecule has 0 spiro atoms. The second-order valence-corrected chi connectivity index (χ2v) is 6.15. The van der Waals surface area contributed by atoms with E-state index in [1.807, 2.05) is 19.9 Å². The second kappa shape index (κ2) is 6.05. The third kappa shape index (κ3) is 3.57. The number of anilines is 1. The van der Waals surface area contributed by atoms with Crippen LogP contribution in [0.4, 0.5) is 5.69 Å². The zero-order valence-electron chi connectivity index (χ0n) is 12.3. The number of thiazole rings is 1. The van der Waals surface area contributed by atoms with Crippen molar-refractivity contribution in [3.05, 3.63) is 44.9 Å². The molecular formula is C15H20N4S. The van der Waals surface area contributed by atoms with Gasteiger partial charge in [-0.3, -0.25) is 0 Å². The number of aryl methyl sites for hydroxylation is 4. The molecule has 0 aliphatic carbocycles. The van der Waals surface area contributed by atoms with E-state index >= 15 is 0 Å². The number of hydrogen-bond acceptors (Lipinski definition) is 3. The maximum Gasteiger partial charge on any atom is 0.193 e. The third-order valence-electron chi connectivity index (χ3n) is 3.17. The molecule has 0 saturated carbocycles. The van der Waals surface area contributed by atoms with Gasteiger partial charge >= 0.3 is 0 Å². The lowest BCUT2D eigenvalue weighted by atomic mass is 10.1. The van der Waals surface area contributed by atoms with E-state index in [0.717, 1.165) is 21.3 Å². The Kier molecular flexibility index (Phi) is 4.39. The van der Waals surface area contributed by atoms with E-state index in [9.17, 15) is 0 Å². The average molecular weight is 288 g/mol. The first-order chi connectivity index (χ1) is 9.45. The number of guanidine groups is 1. The fourth-order valence-corrected chi connectivity index (χ4v) is 2.75. The minimum absolute atomic E-state index is 0.429. The van der Waals surface area contributed by atoms with Crippen molar-refractivity contribution in [2.75, 3.05) is 5.32 Å². The molecule has 2 aromatic rings. The Morgan fingerprint density at radius 3 is 2.60 bits per heavy atom. The van der Waals surface area contributed by atoms with Crippen molar-refractivity contribution in [2.45, 2.75) is 34.2 Å². The van der Waals surface area contributed by atoms with Crippen molar-refractivity contribution >= 4 is 23.0 Å². The van der Waals surface area contributed by atoms with Crippen molar-refractivity contribution in [1.82, 2.24) is 4.98 Å². The van der Waals surface area contributed by atoms with Gasteiger partial charge in [0.2, 0.25) is 0 Å². The summed E-state index contributed by atoms with van der Waals surface area (Å²) in [6.45, 7) is 8.74. The zero-order chi connectivity index (χ0) is 14.7. The van der Waals surface area contributed by atoms with Crippen molar-refractivity contribution in [3.63, 3.8) is 0 Å². The second-order valence-electron chi connectivity index (χ2n) is 4.87. The maximum absolute atomic E-state index is 5.92. The monoisotopic (exact) mass is 288 g/mol. The molecule has 3 N–H and O–H groups in total. The van der Waals surface area contributed by atoms with Crippen molar-refractivity contribution in [3.8, 4) is 0 Å². The van der Waals surface area contributed by atoms with Gasteiger partial charge in [-0.1, -0.05) is 6.07 Å². The maximum atomic E-state index is 5.92. The Balaban J connectivity index is 2.03. The Labute approximate surface area is 123 Å². The highest BCUT2D eigenvalue weighted by Crippen LogP contribution is 2.18. The van der Waals surface area contributed by atoms with Gasteiger partial charge in [-0.05, 0) is 51.0 Å². The Morgan fingerprint density at radius 2 is 2.00 bits per heavy atom. The highest BCUT2D eigenvalue weighted by atomic mass is 32.1. The van der Waals surface area contributed by atoms with Crippen molar-refractivity contribution in [2.24, 2.45) is 10.7 Å². The van der Waals surface area contributed by atoms with Gasteiger partial charge in [0.05, 0.1) is 17.2 Å². The molecule has 0 aliphatic rings. The summed E-state index contributed by atoms with van der Waals surface area (Å²) in [7, 11) is 0. The van der Waals surface area contributed by atoms with Crippen LogP contribution in [-0.4, -0.2) is 10.9 Å². The molecule has 0 radical (unpaired) electrons. The van der Waals surface area contributed by atoms with Crippen LogP contribution < -0.4 is 11.1 Å². The summed E-state index contributed by atoms with van der Waals surface area (Å²) in [4.78, 5) is 9.91. The highest BCUT2D eigenvalue weighted by molar-refractivity contribution is 7.11. The molecular weight excluding hydrogens is 268 g/mol. The number of nitrogens with one attached hydrogen (secondary N) is 1. The summed E-state index contributed by atoms with van der Waals surface area (Å²) >= 11 is 1.67. The van der Waals surface area contributed by atoms with Gasteiger partial charge in [0, 0.05) is 10.6 Å². The molecule has 2 rings (SSSR count). The average Bonchev–Trinajstić information content (AvgIpc) is 2.70. The van der Waals surface area contributed by atoms with Crippen LogP contribution in [0.2, 0.25) is 0 Å². The third-order valence-corrected chi connectivity index (χ3v) is 4.23. The lowest BCUT2D eigenvalue weighted by Gasteiger charge is -2.07. The smallest absolute Gasteiger partial charge is 0.193 e. The summed E-state index contributed by atoms with van der Waals surface area (Å²) in [5.74, 6) is 0.429. The van der Waals surface area contributed by atoms with Gasteiger partial charge < -0.3 is 11.1 Å². The standard InChI is InChI=1S/C15H20N4S/c1-9-5-6-13(7-10(9)2)19-15(16)17-8-14-11(3)18-12(4)20-14/h5-7H,8H2,1-4H3,(H3,16,17,19). The van der Waals surface area contributed by atoms with E-state index in [2.05, 4.69) is 41.3 Å². The van der Waals surface area contributed by atoms with Crippen LogP contribution in [0, 0.1) is 27.7 Å². The predicted octanol–water partition coefficient (Wildman–Crippen LogP) is 3.30.